The Labute approximate surface area is 123 Å². The first-order valence-electron chi connectivity index (χ1n) is 6.94. The van der Waals surface area contributed by atoms with Crippen LogP contribution in [0.4, 0.5) is 0 Å². The minimum atomic E-state index is -0.143. The molecule has 0 aliphatic heterocycles. The Morgan fingerprint density at radius 2 is 2.29 bits per heavy atom. The Hall–Kier alpha value is -2.67. The summed E-state index contributed by atoms with van der Waals surface area (Å²) >= 11 is 0. The molecule has 1 aliphatic rings. The summed E-state index contributed by atoms with van der Waals surface area (Å²) in [5.41, 5.74) is 4.27. The number of amides is 1. The number of pyridine rings is 1. The van der Waals surface area contributed by atoms with E-state index in [1.54, 1.807) is 12.3 Å². The molecular weight excluding hydrogens is 262 g/mol. The summed E-state index contributed by atoms with van der Waals surface area (Å²) in [5.74, 6) is -0.143. The van der Waals surface area contributed by atoms with Crippen molar-refractivity contribution in [1.29, 1.82) is 5.26 Å². The van der Waals surface area contributed by atoms with E-state index in [-0.39, 0.29) is 11.9 Å². The highest BCUT2D eigenvalue weighted by molar-refractivity contribution is 5.93. The van der Waals surface area contributed by atoms with Crippen LogP contribution in [0.2, 0.25) is 0 Å². The SMILES string of the molecule is Cc1cccnc1C(=O)NC1CCc2cc(C#N)ccc21. The summed E-state index contributed by atoms with van der Waals surface area (Å²) in [7, 11) is 0. The van der Waals surface area contributed by atoms with Crippen LogP contribution in [0.25, 0.3) is 0 Å². The molecule has 0 bridgehead atoms. The highest BCUT2D eigenvalue weighted by Crippen LogP contribution is 2.31. The molecule has 1 aliphatic carbocycles. The maximum atomic E-state index is 12.3. The molecule has 2 aromatic rings. The molecule has 1 aromatic carbocycles. The topological polar surface area (TPSA) is 65.8 Å². The van der Waals surface area contributed by atoms with E-state index in [9.17, 15) is 4.79 Å². The van der Waals surface area contributed by atoms with Gasteiger partial charge in [0.1, 0.15) is 5.69 Å². The summed E-state index contributed by atoms with van der Waals surface area (Å²) in [6.45, 7) is 1.88. The molecule has 3 rings (SSSR count). The molecule has 1 unspecified atom stereocenters. The van der Waals surface area contributed by atoms with Gasteiger partial charge in [0.05, 0.1) is 17.7 Å². The molecule has 1 aromatic heterocycles. The lowest BCUT2D eigenvalue weighted by Gasteiger charge is -2.14. The average Bonchev–Trinajstić information content (AvgIpc) is 2.89. The van der Waals surface area contributed by atoms with Gasteiger partial charge in [0.15, 0.2) is 0 Å². The van der Waals surface area contributed by atoms with Crippen molar-refractivity contribution in [1.82, 2.24) is 10.3 Å². The number of benzene rings is 1. The first-order chi connectivity index (χ1) is 10.2. The lowest BCUT2D eigenvalue weighted by Crippen LogP contribution is -2.28. The van der Waals surface area contributed by atoms with Gasteiger partial charge in [0, 0.05) is 6.20 Å². The van der Waals surface area contributed by atoms with Crippen LogP contribution in [0.15, 0.2) is 36.5 Å². The summed E-state index contributed by atoms with van der Waals surface area (Å²) in [4.78, 5) is 16.5. The normalized spacial score (nSPS) is 16.1. The van der Waals surface area contributed by atoms with Gasteiger partial charge in [0.25, 0.3) is 5.91 Å². The molecule has 1 amide bonds. The van der Waals surface area contributed by atoms with Crippen molar-refractivity contribution in [3.8, 4) is 6.07 Å². The quantitative estimate of drug-likeness (QED) is 0.917. The smallest absolute Gasteiger partial charge is 0.270 e. The number of aryl methyl sites for hydroxylation is 2. The standard InChI is InChI=1S/C17H15N3O/c1-11-3-2-8-19-16(11)17(21)20-15-7-5-13-9-12(10-18)4-6-14(13)15/h2-4,6,8-9,15H,5,7H2,1H3,(H,20,21). The van der Waals surface area contributed by atoms with Crippen LogP contribution in [0.1, 0.15) is 45.2 Å². The van der Waals surface area contributed by atoms with Crippen molar-refractivity contribution < 1.29 is 4.79 Å². The summed E-state index contributed by atoms with van der Waals surface area (Å²) in [5, 5.41) is 12.0. The van der Waals surface area contributed by atoms with Crippen LogP contribution < -0.4 is 5.32 Å². The number of carbonyl (C=O) groups excluding carboxylic acids is 1. The second-order valence-electron chi connectivity index (χ2n) is 5.26. The van der Waals surface area contributed by atoms with Crippen molar-refractivity contribution in [3.05, 3.63) is 64.5 Å². The number of hydrogen-bond acceptors (Lipinski definition) is 3. The summed E-state index contributed by atoms with van der Waals surface area (Å²) in [6.07, 6.45) is 3.38. The van der Waals surface area contributed by atoms with E-state index < -0.39 is 0 Å². The van der Waals surface area contributed by atoms with Crippen LogP contribution >= 0.6 is 0 Å². The van der Waals surface area contributed by atoms with Crippen molar-refractivity contribution in [2.75, 3.05) is 0 Å². The van der Waals surface area contributed by atoms with E-state index in [0.717, 1.165) is 29.5 Å². The Balaban J connectivity index is 1.81. The number of nitrogens with one attached hydrogen (secondary N) is 1. The number of aromatic nitrogens is 1. The zero-order valence-electron chi connectivity index (χ0n) is 11.8. The number of rotatable bonds is 2. The van der Waals surface area contributed by atoms with Gasteiger partial charge in [-0.15, -0.1) is 0 Å². The van der Waals surface area contributed by atoms with Crippen LogP contribution in [-0.2, 0) is 6.42 Å². The second kappa shape index (κ2) is 5.37. The molecule has 104 valence electrons. The highest BCUT2D eigenvalue weighted by Gasteiger charge is 2.25. The summed E-state index contributed by atoms with van der Waals surface area (Å²) < 4.78 is 0. The van der Waals surface area contributed by atoms with Gasteiger partial charge in [-0.1, -0.05) is 12.1 Å². The number of nitriles is 1. The van der Waals surface area contributed by atoms with E-state index in [0.29, 0.717) is 11.3 Å². The van der Waals surface area contributed by atoms with Gasteiger partial charge in [-0.25, -0.2) is 0 Å². The largest absolute Gasteiger partial charge is 0.344 e. The molecule has 0 spiro atoms. The van der Waals surface area contributed by atoms with Crippen LogP contribution in [0, 0.1) is 18.3 Å². The average molecular weight is 277 g/mol. The van der Waals surface area contributed by atoms with E-state index in [4.69, 9.17) is 5.26 Å². The molecule has 0 fully saturated rings. The fraction of sp³-hybridized carbons (Fsp3) is 0.235. The van der Waals surface area contributed by atoms with Crippen molar-refractivity contribution >= 4 is 5.91 Å². The van der Waals surface area contributed by atoms with Gasteiger partial charge in [-0.3, -0.25) is 9.78 Å². The first-order valence-corrected chi connectivity index (χ1v) is 6.94. The number of carbonyl (C=O) groups is 1. The van der Waals surface area contributed by atoms with Crippen molar-refractivity contribution in [2.24, 2.45) is 0 Å². The number of hydrogen-bond donors (Lipinski definition) is 1. The maximum Gasteiger partial charge on any atom is 0.270 e. The first kappa shape index (κ1) is 13.3. The molecule has 0 saturated carbocycles. The Morgan fingerprint density at radius 3 is 3.05 bits per heavy atom. The van der Waals surface area contributed by atoms with Gasteiger partial charge >= 0.3 is 0 Å². The van der Waals surface area contributed by atoms with Crippen LogP contribution in [-0.4, -0.2) is 10.9 Å². The van der Waals surface area contributed by atoms with Gasteiger partial charge in [-0.05, 0) is 54.7 Å². The molecule has 1 N–H and O–H groups in total. The minimum Gasteiger partial charge on any atom is -0.344 e. The maximum absolute atomic E-state index is 12.3. The Bertz CT molecular complexity index is 746. The van der Waals surface area contributed by atoms with E-state index in [1.165, 1.54) is 0 Å². The van der Waals surface area contributed by atoms with Gasteiger partial charge in [-0.2, -0.15) is 5.26 Å². The molecular formula is C17H15N3O. The lowest BCUT2D eigenvalue weighted by atomic mass is 10.0. The predicted octanol–water partition coefficient (Wildman–Crippen LogP) is 2.68. The number of fused-ring (bicyclic) bond motifs is 1. The lowest BCUT2D eigenvalue weighted by molar-refractivity contribution is 0.0931. The zero-order valence-corrected chi connectivity index (χ0v) is 11.8. The fourth-order valence-electron chi connectivity index (χ4n) is 2.79. The van der Waals surface area contributed by atoms with E-state index in [2.05, 4.69) is 16.4 Å². The van der Waals surface area contributed by atoms with E-state index >= 15 is 0 Å². The highest BCUT2D eigenvalue weighted by atomic mass is 16.1. The van der Waals surface area contributed by atoms with Gasteiger partial charge < -0.3 is 5.32 Å². The zero-order chi connectivity index (χ0) is 14.8. The third-order valence-corrected chi connectivity index (χ3v) is 3.88. The van der Waals surface area contributed by atoms with Gasteiger partial charge in [0.2, 0.25) is 0 Å². The predicted molar refractivity (Wildman–Crippen MR) is 78.7 cm³/mol. The van der Waals surface area contributed by atoms with Crippen LogP contribution in [0.5, 0.6) is 0 Å². The Kier molecular flexibility index (Phi) is 3.41. The molecule has 4 heteroatoms. The van der Waals surface area contributed by atoms with E-state index in [1.807, 2.05) is 31.2 Å². The molecule has 21 heavy (non-hydrogen) atoms. The molecule has 4 nitrogen and oxygen atoms in total. The number of nitrogens with zero attached hydrogens (tertiary/aromatic N) is 2. The molecule has 1 heterocycles. The second-order valence-corrected chi connectivity index (χ2v) is 5.26. The van der Waals surface area contributed by atoms with Crippen molar-refractivity contribution in [3.63, 3.8) is 0 Å². The monoisotopic (exact) mass is 277 g/mol. The molecule has 0 saturated heterocycles. The minimum absolute atomic E-state index is 0.00153. The fourth-order valence-corrected chi connectivity index (χ4v) is 2.79. The third-order valence-electron chi connectivity index (χ3n) is 3.88. The summed E-state index contributed by atoms with van der Waals surface area (Å²) in [6, 6.07) is 11.5. The van der Waals surface area contributed by atoms with Crippen LogP contribution in [0.3, 0.4) is 0 Å². The molecule has 1 atom stereocenters. The van der Waals surface area contributed by atoms with Crippen molar-refractivity contribution in [2.45, 2.75) is 25.8 Å². The third kappa shape index (κ3) is 2.50. The Morgan fingerprint density at radius 1 is 1.43 bits per heavy atom. The molecule has 0 radical (unpaired) electrons.